The smallest absolute Gasteiger partial charge is 0.226 e. The van der Waals surface area contributed by atoms with Crippen LogP contribution < -0.4 is 15.8 Å². The highest BCUT2D eigenvalue weighted by Crippen LogP contribution is 2.37. The number of anilines is 2. The monoisotopic (exact) mass is 340 g/mol. The Labute approximate surface area is 148 Å². The van der Waals surface area contributed by atoms with Crippen molar-refractivity contribution >= 4 is 17.5 Å². The molecule has 0 spiro atoms. The minimum atomic E-state index is -0.0482. The average Bonchev–Trinajstić information content (AvgIpc) is 2.57. The minimum absolute atomic E-state index is 0.0397. The van der Waals surface area contributed by atoms with Crippen molar-refractivity contribution in [2.45, 2.75) is 18.8 Å². The Bertz CT molecular complexity index is 761. The number of hydrogen-bond acceptors (Lipinski definition) is 5. The Balaban J connectivity index is 1.78. The van der Waals surface area contributed by atoms with Crippen LogP contribution in [0.1, 0.15) is 29.9 Å². The number of pyridine rings is 1. The predicted octanol–water partition coefficient (Wildman–Crippen LogP) is 2.47. The largest absolute Gasteiger partial charge is 0.494 e. The SMILES string of the molecule is CN(C)CCCOc1cccc([C@H]2CC(=O)Nc3nc(N)ccc32)c1. The lowest BCUT2D eigenvalue weighted by Crippen LogP contribution is -2.24. The van der Waals surface area contributed by atoms with E-state index in [4.69, 9.17) is 10.5 Å². The topological polar surface area (TPSA) is 80.5 Å². The van der Waals surface area contributed by atoms with Gasteiger partial charge in [0.2, 0.25) is 5.91 Å². The summed E-state index contributed by atoms with van der Waals surface area (Å²) in [4.78, 5) is 18.4. The molecule has 1 aromatic carbocycles. The van der Waals surface area contributed by atoms with Crippen molar-refractivity contribution in [1.82, 2.24) is 9.88 Å². The van der Waals surface area contributed by atoms with Gasteiger partial charge in [0.05, 0.1) is 6.61 Å². The number of amides is 1. The maximum atomic E-state index is 12.1. The second-order valence-corrected chi connectivity index (χ2v) is 6.56. The molecule has 0 saturated carbocycles. The summed E-state index contributed by atoms with van der Waals surface area (Å²) >= 11 is 0. The zero-order valence-electron chi connectivity index (χ0n) is 14.7. The molecular weight excluding hydrogens is 316 g/mol. The molecule has 0 saturated heterocycles. The standard InChI is InChI=1S/C19H24N4O2/c1-23(2)9-4-10-25-14-6-3-5-13(11-14)16-12-18(24)22-19-15(16)7-8-17(20)21-19/h3,5-8,11,16H,4,9-10,12H2,1-2H3,(H3,20,21,22,24)/t16-/m1/s1. The van der Waals surface area contributed by atoms with Crippen molar-refractivity contribution in [2.75, 3.05) is 38.3 Å². The van der Waals surface area contributed by atoms with Crippen LogP contribution in [0.2, 0.25) is 0 Å². The number of nitrogen functional groups attached to an aromatic ring is 1. The normalized spacial score (nSPS) is 16.4. The van der Waals surface area contributed by atoms with Crippen LogP contribution in [0.25, 0.3) is 0 Å². The lowest BCUT2D eigenvalue weighted by Gasteiger charge is -2.25. The number of nitrogens with zero attached hydrogens (tertiary/aromatic N) is 2. The molecule has 1 amide bonds. The summed E-state index contributed by atoms with van der Waals surface area (Å²) in [5.41, 5.74) is 7.77. The van der Waals surface area contributed by atoms with E-state index in [1.54, 1.807) is 6.07 Å². The zero-order valence-corrected chi connectivity index (χ0v) is 14.7. The van der Waals surface area contributed by atoms with Gasteiger partial charge in [-0.15, -0.1) is 0 Å². The lowest BCUT2D eigenvalue weighted by atomic mass is 9.86. The Hall–Kier alpha value is -2.60. The molecular formula is C19H24N4O2. The van der Waals surface area contributed by atoms with E-state index < -0.39 is 0 Å². The second-order valence-electron chi connectivity index (χ2n) is 6.56. The summed E-state index contributed by atoms with van der Waals surface area (Å²) in [7, 11) is 4.10. The van der Waals surface area contributed by atoms with Crippen molar-refractivity contribution in [3.05, 3.63) is 47.5 Å². The Morgan fingerprint density at radius 2 is 2.16 bits per heavy atom. The molecule has 0 radical (unpaired) electrons. The van der Waals surface area contributed by atoms with E-state index in [0.717, 1.165) is 29.8 Å². The Kier molecular flexibility index (Phi) is 5.19. The van der Waals surface area contributed by atoms with Crippen LogP contribution in [0.5, 0.6) is 5.75 Å². The predicted molar refractivity (Wildman–Crippen MR) is 98.8 cm³/mol. The molecule has 132 valence electrons. The number of nitrogens with one attached hydrogen (secondary N) is 1. The molecule has 6 heteroatoms. The number of carbonyl (C=O) groups excluding carboxylic acids is 1. The van der Waals surface area contributed by atoms with Crippen LogP contribution >= 0.6 is 0 Å². The molecule has 25 heavy (non-hydrogen) atoms. The first kappa shape index (κ1) is 17.2. The summed E-state index contributed by atoms with van der Waals surface area (Å²) in [6.45, 7) is 1.66. The van der Waals surface area contributed by atoms with Gasteiger partial charge in [-0.05, 0) is 44.3 Å². The van der Waals surface area contributed by atoms with E-state index in [-0.39, 0.29) is 11.8 Å². The van der Waals surface area contributed by atoms with Gasteiger partial charge >= 0.3 is 0 Å². The summed E-state index contributed by atoms with van der Waals surface area (Å²) in [6, 6.07) is 11.7. The van der Waals surface area contributed by atoms with Crippen LogP contribution in [0.3, 0.4) is 0 Å². The number of fused-ring (bicyclic) bond motifs is 1. The lowest BCUT2D eigenvalue weighted by molar-refractivity contribution is -0.116. The van der Waals surface area contributed by atoms with Crippen LogP contribution in [-0.4, -0.2) is 43.0 Å². The second kappa shape index (κ2) is 7.53. The molecule has 0 bridgehead atoms. The Morgan fingerprint density at radius 1 is 1.32 bits per heavy atom. The number of aromatic nitrogens is 1. The summed E-state index contributed by atoms with van der Waals surface area (Å²) in [5.74, 6) is 1.69. The fourth-order valence-electron chi connectivity index (χ4n) is 3.03. The molecule has 1 aromatic heterocycles. The number of rotatable bonds is 6. The minimum Gasteiger partial charge on any atom is -0.494 e. The van der Waals surface area contributed by atoms with E-state index >= 15 is 0 Å². The van der Waals surface area contributed by atoms with Gasteiger partial charge in [0.1, 0.15) is 17.4 Å². The number of benzene rings is 1. The number of nitrogens with two attached hydrogens (primary N) is 1. The Morgan fingerprint density at radius 3 is 2.96 bits per heavy atom. The summed E-state index contributed by atoms with van der Waals surface area (Å²) in [5, 5.41) is 2.80. The molecule has 6 nitrogen and oxygen atoms in total. The first-order valence-electron chi connectivity index (χ1n) is 8.46. The maximum absolute atomic E-state index is 12.1. The third-order valence-electron chi connectivity index (χ3n) is 4.25. The highest BCUT2D eigenvalue weighted by molar-refractivity contribution is 5.94. The molecule has 2 heterocycles. The molecule has 3 rings (SSSR count). The van der Waals surface area contributed by atoms with Gasteiger partial charge in [0, 0.05) is 24.4 Å². The van der Waals surface area contributed by atoms with Gasteiger partial charge in [-0.2, -0.15) is 0 Å². The first-order valence-corrected chi connectivity index (χ1v) is 8.46. The number of ether oxygens (including phenoxy) is 1. The maximum Gasteiger partial charge on any atom is 0.226 e. The van der Waals surface area contributed by atoms with Gasteiger partial charge in [-0.1, -0.05) is 18.2 Å². The summed E-state index contributed by atoms with van der Waals surface area (Å²) in [6.07, 6.45) is 1.36. The first-order chi connectivity index (χ1) is 12.0. The number of hydrogen-bond donors (Lipinski definition) is 2. The molecule has 0 unspecified atom stereocenters. The molecule has 0 aliphatic carbocycles. The van der Waals surface area contributed by atoms with Crippen molar-refractivity contribution in [2.24, 2.45) is 0 Å². The van der Waals surface area contributed by atoms with Crippen LogP contribution in [0.4, 0.5) is 11.6 Å². The van der Waals surface area contributed by atoms with Crippen molar-refractivity contribution in [3.63, 3.8) is 0 Å². The molecule has 0 fully saturated rings. The van der Waals surface area contributed by atoms with Gasteiger partial charge in [-0.3, -0.25) is 4.79 Å². The fraction of sp³-hybridized carbons (Fsp3) is 0.368. The average molecular weight is 340 g/mol. The van der Waals surface area contributed by atoms with E-state index in [1.165, 1.54) is 0 Å². The summed E-state index contributed by atoms with van der Waals surface area (Å²) < 4.78 is 5.86. The van der Waals surface area contributed by atoms with Crippen LogP contribution in [-0.2, 0) is 4.79 Å². The fourth-order valence-corrected chi connectivity index (χ4v) is 3.03. The zero-order chi connectivity index (χ0) is 17.8. The van der Waals surface area contributed by atoms with Gasteiger partial charge in [-0.25, -0.2) is 4.98 Å². The molecule has 2 aromatic rings. The van der Waals surface area contributed by atoms with E-state index in [9.17, 15) is 4.79 Å². The van der Waals surface area contributed by atoms with Crippen LogP contribution in [0.15, 0.2) is 36.4 Å². The van der Waals surface area contributed by atoms with Crippen molar-refractivity contribution < 1.29 is 9.53 Å². The van der Waals surface area contributed by atoms with Gasteiger partial charge in [0.15, 0.2) is 0 Å². The molecule has 1 aliphatic rings. The highest BCUT2D eigenvalue weighted by Gasteiger charge is 2.27. The van der Waals surface area contributed by atoms with Crippen LogP contribution in [0, 0.1) is 0 Å². The van der Waals surface area contributed by atoms with E-state index in [0.29, 0.717) is 24.7 Å². The van der Waals surface area contributed by atoms with E-state index in [1.807, 2.05) is 44.4 Å². The van der Waals surface area contributed by atoms with Crippen molar-refractivity contribution in [1.29, 1.82) is 0 Å². The molecule has 3 N–H and O–H groups in total. The third-order valence-corrected chi connectivity index (χ3v) is 4.25. The molecule has 1 aliphatic heterocycles. The third kappa shape index (κ3) is 4.28. The highest BCUT2D eigenvalue weighted by atomic mass is 16.5. The number of carbonyl (C=O) groups is 1. The van der Waals surface area contributed by atoms with Gasteiger partial charge in [0.25, 0.3) is 0 Å². The molecule has 1 atom stereocenters. The quantitative estimate of drug-likeness (QED) is 0.790. The van der Waals surface area contributed by atoms with E-state index in [2.05, 4.69) is 15.2 Å². The van der Waals surface area contributed by atoms with Crippen molar-refractivity contribution in [3.8, 4) is 5.75 Å². The van der Waals surface area contributed by atoms with Gasteiger partial charge < -0.3 is 20.7 Å².